The summed E-state index contributed by atoms with van der Waals surface area (Å²) in [6, 6.07) is 11.5. The fourth-order valence-corrected chi connectivity index (χ4v) is 2.60. The van der Waals surface area contributed by atoms with Crippen molar-refractivity contribution in [2.45, 2.75) is 65.2 Å². The number of aryl methyl sites for hydroxylation is 1. The molecule has 0 aliphatic rings. The topological polar surface area (TPSA) is 0 Å². The van der Waals surface area contributed by atoms with Crippen LogP contribution in [0.25, 0.3) is 0 Å². The van der Waals surface area contributed by atoms with Gasteiger partial charge in [-0.15, -0.1) is 0 Å². The van der Waals surface area contributed by atoms with E-state index in [0.29, 0.717) is 0 Å². The van der Waals surface area contributed by atoms with E-state index in [0.717, 1.165) is 5.92 Å². The molecule has 0 aliphatic heterocycles. The lowest BCUT2D eigenvalue weighted by molar-refractivity contribution is 0.395. The van der Waals surface area contributed by atoms with E-state index in [9.17, 15) is 0 Å². The first-order valence-corrected chi connectivity index (χ1v) is 7.31. The summed E-state index contributed by atoms with van der Waals surface area (Å²) in [7, 11) is 0. The summed E-state index contributed by atoms with van der Waals surface area (Å²) in [5.41, 5.74) is 1.46. The molecule has 95 valence electrons. The summed E-state index contributed by atoms with van der Waals surface area (Å²) in [5, 5.41) is 0. The van der Waals surface area contributed by atoms with Gasteiger partial charge < -0.3 is 0 Å². The largest absolute Gasteiger partial charge is 0.0654 e. The molecule has 0 saturated heterocycles. The van der Waals surface area contributed by atoms with Gasteiger partial charge in [-0.1, -0.05) is 76.6 Å². The van der Waals surface area contributed by atoms with Crippen LogP contribution in [0.4, 0.5) is 0 Å². The van der Waals surface area contributed by atoms with E-state index in [1.807, 2.05) is 12.1 Å². The summed E-state index contributed by atoms with van der Waals surface area (Å²) < 4.78 is 0. The minimum Gasteiger partial charge on any atom is -0.0654 e. The summed E-state index contributed by atoms with van der Waals surface area (Å²) in [6.45, 7) is 4.62. The van der Waals surface area contributed by atoms with Gasteiger partial charge in [0.05, 0.1) is 0 Å². The van der Waals surface area contributed by atoms with Crippen LogP contribution in [0.1, 0.15) is 64.4 Å². The lowest BCUT2D eigenvalue weighted by atomic mass is 9.92. The highest BCUT2D eigenvalue weighted by atomic mass is 14.1. The fourth-order valence-electron chi connectivity index (χ4n) is 2.60. The molecule has 17 heavy (non-hydrogen) atoms. The Kier molecular flexibility index (Phi) is 7.79. The van der Waals surface area contributed by atoms with Gasteiger partial charge in [0, 0.05) is 0 Å². The van der Waals surface area contributed by atoms with Crippen LogP contribution in [0.3, 0.4) is 0 Å². The SMILES string of the molecule is CCCC(CCC)CCCCc1cc[c]cc1. The molecule has 0 bridgehead atoms. The standard InChI is InChI=1S/C17H27/c1-3-10-16(11-4-2)14-8-9-15-17-12-6-5-7-13-17/h6-7,12-13,16H,3-4,8-11,14-15H2,1-2H3. The Labute approximate surface area is 107 Å². The number of benzene rings is 1. The van der Waals surface area contributed by atoms with Crippen molar-refractivity contribution in [3.63, 3.8) is 0 Å². The maximum Gasteiger partial charge on any atom is -0.0184 e. The quantitative estimate of drug-likeness (QED) is 0.498. The van der Waals surface area contributed by atoms with Crippen molar-refractivity contribution in [2.24, 2.45) is 5.92 Å². The molecule has 1 rings (SSSR count). The van der Waals surface area contributed by atoms with Gasteiger partial charge in [0.1, 0.15) is 0 Å². The second-order valence-electron chi connectivity index (χ2n) is 5.10. The maximum absolute atomic E-state index is 3.07. The predicted octanol–water partition coefficient (Wildman–Crippen LogP) is 5.42. The van der Waals surface area contributed by atoms with E-state index in [2.05, 4.69) is 32.0 Å². The molecule has 0 aliphatic carbocycles. The van der Waals surface area contributed by atoms with Gasteiger partial charge in [0.25, 0.3) is 0 Å². The lowest BCUT2D eigenvalue weighted by Crippen LogP contribution is -2.00. The average Bonchev–Trinajstić information content (AvgIpc) is 2.36. The van der Waals surface area contributed by atoms with Crippen LogP contribution >= 0.6 is 0 Å². The minimum absolute atomic E-state index is 0.981. The van der Waals surface area contributed by atoms with Crippen LogP contribution in [0.2, 0.25) is 0 Å². The van der Waals surface area contributed by atoms with E-state index in [1.165, 1.54) is 56.9 Å². The van der Waals surface area contributed by atoms with E-state index in [-0.39, 0.29) is 0 Å². The summed E-state index contributed by atoms with van der Waals surface area (Å²) >= 11 is 0. The monoisotopic (exact) mass is 231 g/mol. The van der Waals surface area contributed by atoms with Crippen LogP contribution in [0, 0.1) is 12.0 Å². The van der Waals surface area contributed by atoms with E-state index in [4.69, 9.17) is 0 Å². The molecule has 0 fully saturated rings. The van der Waals surface area contributed by atoms with E-state index >= 15 is 0 Å². The van der Waals surface area contributed by atoms with Crippen molar-refractivity contribution in [1.82, 2.24) is 0 Å². The Balaban J connectivity index is 2.13. The van der Waals surface area contributed by atoms with Gasteiger partial charge in [-0.2, -0.15) is 0 Å². The molecule has 1 aromatic carbocycles. The third-order valence-corrected chi connectivity index (χ3v) is 3.51. The van der Waals surface area contributed by atoms with Crippen molar-refractivity contribution in [2.75, 3.05) is 0 Å². The molecule has 1 aromatic rings. The second-order valence-corrected chi connectivity index (χ2v) is 5.10. The molecule has 0 heterocycles. The normalized spacial score (nSPS) is 11.0. The lowest BCUT2D eigenvalue weighted by Gasteiger charge is -2.14. The molecule has 0 heteroatoms. The first-order valence-electron chi connectivity index (χ1n) is 7.31. The Morgan fingerprint density at radius 1 is 0.941 bits per heavy atom. The molecule has 0 saturated carbocycles. The predicted molar refractivity (Wildman–Crippen MR) is 76.1 cm³/mol. The van der Waals surface area contributed by atoms with Gasteiger partial charge in [0.2, 0.25) is 0 Å². The molecule has 0 N–H and O–H groups in total. The van der Waals surface area contributed by atoms with Crippen LogP contribution in [-0.4, -0.2) is 0 Å². The van der Waals surface area contributed by atoms with Crippen molar-refractivity contribution >= 4 is 0 Å². The van der Waals surface area contributed by atoms with Gasteiger partial charge in [-0.3, -0.25) is 0 Å². The molecule has 0 atom stereocenters. The summed E-state index contributed by atoms with van der Waals surface area (Å²) in [4.78, 5) is 0. The van der Waals surface area contributed by atoms with Gasteiger partial charge >= 0.3 is 0 Å². The number of rotatable bonds is 9. The molecule has 0 aromatic heterocycles. The van der Waals surface area contributed by atoms with E-state index < -0.39 is 0 Å². The third kappa shape index (κ3) is 6.51. The third-order valence-electron chi connectivity index (χ3n) is 3.51. The van der Waals surface area contributed by atoms with Gasteiger partial charge in [0.15, 0.2) is 0 Å². The molecule has 0 nitrogen and oxygen atoms in total. The zero-order valence-corrected chi connectivity index (χ0v) is 11.5. The minimum atomic E-state index is 0.981. The number of hydrogen-bond acceptors (Lipinski definition) is 0. The van der Waals surface area contributed by atoms with Crippen LogP contribution < -0.4 is 0 Å². The molecule has 0 unspecified atom stereocenters. The van der Waals surface area contributed by atoms with Crippen molar-refractivity contribution in [3.8, 4) is 0 Å². The van der Waals surface area contributed by atoms with E-state index in [1.54, 1.807) is 0 Å². The van der Waals surface area contributed by atoms with Crippen molar-refractivity contribution < 1.29 is 0 Å². The van der Waals surface area contributed by atoms with Crippen molar-refractivity contribution in [3.05, 3.63) is 35.9 Å². The molecule has 0 amide bonds. The van der Waals surface area contributed by atoms with Crippen LogP contribution in [0.5, 0.6) is 0 Å². The smallest absolute Gasteiger partial charge is 0.0184 e. The average molecular weight is 231 g/mol. The zero-order chi connectivity index (χ0) is 12.3. The first kappa shape index (κ1) is 14.3. The highest BCUT2D eigenvalue weighted by Gasteiger charge is 2.05. The zero-order valence-electron chi connectivity index (χ0n) is 11.5. The molecular weight excluding hydrogens is 204 g/mol. The summed E-state index contributed by atoms with van der Waals surface area (Å²) in [6.07, 6.45) is 10.9. The van der Waals surface area contributed by atoms with Gasteiger partial charge in [-0.25, -0.2) is 0 Å². The Hall–Kier alpha value is -0.780. The maximum atomic E-state index is 3.07. The van der Waals surface area contributed by atoms with Crippen molar-refractivity contribution in [1.29, 1.82) is 0 Å². The summed E-state index contributed by atoms with van der Waals surface area (Å²) in [5.74, 6) is 0.981. The highest BCUT2D eigenvalue weighted by Crippen LogP contribution is 2.20. The first-order chi connectivity index (χ1) is 8.36. The Bertz CT molecular complexity index is 257. The molecule has 0 spiro atoms. The molecular formula is C17H27. The second kappa shape index (κ2) is 9.27. The Morgan fingerprint density at radius 2 is 1.59 bits per heavy atom. The van der Waals surface area contributed by atoms with Crippen LogP contribution in [-0.2, 0) is 6.42 Å². The van der Waals surface area contributed by atoms with Gasteiger partial charge in [-0.05, 0) is 30.4 Å². The molecule has 1 radical (unpaired) electrons. The number of hydrogen-bond donors (Lipinski definition) is 0. The Morgan fingerprint density at radius 3 is 2.18 bits per heavy atom. The van der Waals surface area contributed by atoms with Crippen LogP contribution in [0.15, 0.2) is 24.3 Å². The number of unbranched alkanes of at least 4 members (excludes halogenated alkanes) is 1. The highest BCUT2D eigenvalue weighted by molar-refractivity contribution is 5.13. The fraction of sp³-hybridized carbons (Fsp3) is 0.647.